The second kappa shape index (κ2) is 12.3. The summed E-state index contributed by atoms with van der Waals surface area (Å²) in [4.78, 5) is 33.7. The number of aliphatic carboxylic acids is 2. The molecule has 0 fully saturated rings. The summed E-state index contributed by atoms with van der Waals surface area (Å²) >= 11 is 0. The molecule has 0 bridgehead atoms. The van der Waals surface area contributed by atoms with Gasteiger partial charge in [0, 0.05) is 60.2 Å². The zero-order valence-electron chi connectivity index (χ0n) is 22.1. The largest absolute Gasteiger partial charge is 0.481 e. The molecule has 37 heavy (non-hydrogen) atoms. The second-order valence-corrected chi connectivity index (χ2v) is 9.69. The highest BCUT2D eigenvalue weighted by Crippen LogP contribution is 2.29. The molecular weight excluding hydrogens is 474 g/mol. The zero-order valence-corrected chi connectivity index (χ0v) is 22.1. The van der Waals surface area contributed by atoms with Crippen LogP contribution in [-0.4, -0.2) is 60.5 Å². The van der Waals surface area contributed by atoms with Gasteiger partial charge < -0.3 is 35.4 Å². The maximum Gasteiger partial charge on any atom is 0.312 e. The third-order valence-electron chi connectivity index (χ3n) is 7.19. The van der Waals surface area contributed by atoms with Gasteiger partial charge in [0.15, 0.2) is 0 Å². The predicted molar refractivity (Wildman–Crippen MR) is 140 cm³/mol. The molecule has 0 aliphatic heterocycles. The number of aromatic nitrogens is 3. The Morgan fingerprint density at radius 3 is 1.41 bits per heavy atom. The number of aryl methyl sites for hydroxylation is 2. The summed E-state index contributed by atoms with van der Waals surface area (Å²) < 4.78 is 0. The van der Waals surface area contributed by atoms with Crippen molar-refractivity contribution in [2.45, 2.75) is 78.1 Å². The van der Waals surface area contributed by atoms with Crippen LogP contribution in [0, 0.1) is 13.8 Å². The Hall–Kier alpha value is -3.30. The normalized spacial score (nSPS) is 13.1. The molecule has 0 amide bonds. The van der Waals surface area contributed by atoms with Crippen LogP contribution >= 0.6 is 0 Å². The van der Waals surface area contributed by atoms with E-state index in [1.807, 2.05) is 26.0 Å². The van der Waals surface area contributed by atoms with Crippen LogP contribution in [0.25, 0.3) is 0 Å². The van der Waals surface area contributed by atoms with E-state index in [0.29, 0.717) is 24.2 Å². The van der Waals surface area contributed by atoms with Crippen molar-refractivity contribution in [3.05, 3.63) is 68.6 Å². The first-order valence-corrected chi connectivity index (χ1v) is 12.9. The van der Waals surface area contributed by atoms with Crippen LogP contribution in [0.15, 0.2) is 12.1 Å². The SMILES string of the molecule is CCc1c(Cc2cc(C)c(C(CCO)C(=O)O)[nH]2)[nH]c(Cc2cc(C)c(C(CCO)C(=O)O)[nH]2)c1CC. The predicted octanol–water partition coefficient (Wildman–Crippen LogP) is 3.70. The van der Waals surface area contributed by atoms with E-state index in [2.05, 4.69) is 28.8 Å². The molecule has 2 atom stereocenters. The van der Waals surface area contributed by atoms with Crippen molar-refractivity contribution in [1.29, 1.82) is 0 Å². The van der Waals surface area contributed by atoms with Crippen LogP contribution in [0.4, 0.5) is 0 Å². The van der Waals surface area contributed by atoms with Gasteiger partial charge in [-0.1, -0.05) is 13.8 Å². The topological polar surface area (TPSA) is 162 Å². The molecule has 3 heterocycles. The fraction of sp³-hybridized carbons (Fsp3) is 0.500. The third-order valence-corrected chi connectivity index (χ3v) is 7.19. The van der Waals surface area contributed by atoms with Gasteiger partial charge in [0.05, 0.1) is 11.8 Å². The number of rotatable bonds is 14. The first kappa shape index (κ1) is 28.3. The van der Waals surface area contributed by atoms with Gasteiger partial charge in [-0.25, -0.2) is 0 Å². The molecule has 0 aliphatic carbocycles. The third kappa shape index (κ3) is 6.17. The van der Waals surface area contributed by atoms with Gasteiger partial charge in [-0.15, -0.1) is 0 Å². The summed E-state index contributed by atoms with van der Waals surface area (Å²) in [5, 5.41) is 37.8. The average molecular weight is 514 g/mol. The van der Waals surface area contributed by atoms with Crippen LogP contribution in [0.2, 0.25) is 0 Å². The van der Waals surface area contributed by atoms with Crippen LogP contribution in [0.3, 0.4) is 0 Å². The lowest BCUT2D eigenvalue weighted by Crippen LogP contribution is -2.14. The van der Waals surface area contributed by atoms with E-state index in [1.165, 1.54) is 11.1 Å². The molecule has 9 nitrogen and oxygen atoms in total. The van der Waals surface area contributed by atoms with E-state index in [9.17, 15) is 30.0 Å². The highest BCUT2D eigenvalue weighted by Gasteiger charge is 2.25. The maximum absolute atomic E-state index is 11.7. The maximum atomic E-state index is 11.7. The Morgan fingerprint density at radius 1 is 0.730 bits per heavy atom. The zero-order chi connectivity index (χ0) is 27.3. The molecule has 9 heteroatoms. The number of aromatic amines is 3. The van der Waals surface area contributed by atoms with E-state index in [4.69, 9.17) is 0 Å². The molecule has 0 aliphatic rings. The summed E-state index contributed by atoms with van der Waals surface area (Å²) in [7, 11) is 0. The van der Waals surface area contributed by atoms with E-state index in [0.717, 1.165) is 46.7 Å². The second-order valence-electron chi connectivity index (χ2n) is 9.69. The van der Waals surface area contributed by atoms with Gasteiger partial charge >= 0.3 is 11.9 Å². The van der Waals surface area contributed by atoms with E-state index < -0.39 is 23.8 Å². The summed E-state index contributed by atoms with van der Waals surface area (Å²) in [6.45, 7) is 7.61. The molecule has 2 unspecified atom stereocenters. The number of carboxylic acid groups (broad SMARTS) is 2. The lowest BCUT2D eigenvalue weighted by Gasteiger charge is -2.10. The molecule has 0 aromatic carbocycles. The Kier molecular flexibility index (Phi) is 9.39. The van der Waals surface area contributed by atoms with Crippen molar-refractivity contribution < 1.29 is 30.0 Å². The lowest BCUT2D eigenvalue weighted by atomic mass is 9.99. The smallest absolute Gasteiger partial charge is 0.312 e. The molecular formula is C28H39N3O6. The number of carbonyl (C=O) groups is 2. The van der Waals surface area contributed by atoms with Gasteiger partial charge in [0.1, 0.15) is 0 Å². The minimum absolute atomic E-state index is 0.154. The molecule has 202 valence electrons. The Bertz CT molecular complexity index is 1140. The molecule has 3 aromatic rings. The highest BCUT2D eigenvalue weighted by molar-refractivity contribution is 5.76. The first-order chi connectivity index (χ1) is 17.6. The number of hydrogen-bond donors (Lipinski definition) is 7. The molecule has 0 saturated heterocycles. The molecule has 0 spiro atoms. The number of H-pyrrole nitrogens is 3. The van der Waals surface area contributed by atoms with Gasteiger partial charge in [-0.3, -0.25) is 9.59 Å². The highest BCUT2D eigenvalue weighted by atomic mass is 16.4. The van der Waals surface area contributed by atoms with Crippen molar-refractivity contribution in [3.63, 3.8) is 0 Å². The first-order valence-electron chi connectivity index (χ1n) is 12.9. The van der Waals surface area contributed by atoms with Crippen molar-refractivity contribution >= 4 is 11.9 Å². The number of aliphatic hydroxyl groups excluding tert-OH is 2. The molecule has 0 radical (unpaired) electrons. The van der Waals surface area contributed by atoms with E-state index in [1.54, 1.807) is 0 Å². The number of nitrogens with one attached hydrogen (secondary N) is 3. The summed E-state index contributed by atoms with van der Waals surface area (Å²) in [5.41, 5.74) is 9.42. The number of aliphatic hydroxyl groups is 2. The monoisotopic (exact) mass is 513 g/mol. The Balaban J connectivity index is 1.92. The summed E-state index contributed by atoms with van der Waals surface area (Å²) in [6.07, 6.45) is 3.18. The van der Waals surface area contributed by atoms with Crippen molar-refractivity contribution in [2.24, 2.45) is 0 Å². The summed E-state index contributed by atoms with van der Waals surface area (Å²) in [5.74, 6) is -3.47. The Morgan fingerprint density at radius 2 is 1.11 bits per heavy atom. The van der Waals surface area contributed by atoms with Crippen molar-refractivity contribution in [3.8, 4) is 0 Å². The average Bonchev–Trinajstić information content (AvgIpc) is 3.49. The number of carboxylic acids is 2. The van der Waals surface area contributed by atoms with Gasteiger partial charge in [-0.2, -0.15) is 0 Å². The van der Waals surface area contributed by atoms with E-state index in [-0.39, 0.29) is 26.1 Å². The van der Waals surface area contributed by atoms with E-state index >= 15 is 0 Å². The van der Waals surface area contributed by atoms with Crippen LogP contribution in [0.1, 0.15) is 94.9 Å². The fourth-order valence-electron chi connectivity index (χ4n) is 5.48. The van der Waals surface area contributed by atoms with Crippen molar-refractivity contribution in [1.82, 2.24) is 15.0 Å². The minimum Gasteiger partial charge on any atom is -0.481 e. The lowest BCUT2D eigenvalue weighted by molar-refractivity contribution is -0.140. The Labute approximate surface area is 217 Å². The fourth-order valence-corrected chi connectivity index (χ4v) is 5.48. The van der Waals surface area contributed by atoms with Crippen molar-refractivity contribution in [2.75, 3.05) is 13.2 Å². The van der Waals surface area contributed by atoms with Crippen LogP contribution < -0.4 is 0 Å². The number of hydrogen-bond acceptors (Lipinski definition) is 4. The summed E-state index contributed by atoms with van der Waals surface area (Å²) in [6, 6.07) is 3.95. The molecule has 0 saturated carbocycles. The standard InChI is InChI=1S/C28H39N3O6/c1-5-19-20(6-2)24(14-18-12-16(4)26(30-18)22(8-10-33)28(36)37)31-23(19)13-17-11-15(3)25(29-17)21(7-9-32)27(34)35/h11-12,21-22,29-33H,5-10,13-14H2,1-4H3,(H,34,35)(H,36,37). The molecule has 7 N–H and O–H groups in total. The van der Waals surface area contributed by atoms with Gasteiger partial charge in [0.25, 0.3) is 0 Å². The van der Waals surface area contributed by atoms with Crippen LogP contribution in [0.5, 0.6) is 0 Å². The van der Waals surface area contributed by atoms with Crippen LogP contribution in [-0.2, 0) is 35.3 Å². The quantitative estimate of drug-likeness (QED) is 0.174. The van der Waals surface area contributed by atoms with Gasteiger partial charge in [0.2, 0.25) is 0 Å². The molecule has 3 aromatic heterocycles. The van der Waals surface area contributed by atoms with Gasteiger partial charge in [-0.05, 0) is 73.9 Å². The molecule has 3 rings (SSSR count). The minimum atomic E-state index is -0.958.